The van der Waals surface area contributed by atoms with Crippen LogP contribution in [0.15, 0.2) is 60.7 Å². The minimum atomic E-state index is -0.639. The molecule has 6 heteroatoms. The summed E-state index contributed by atoms with van der Waals surface area (Å²) in [6.07, 6.45) is 5.38. The monoisotopic (exact) mass is 461 g/mol. The van der Waals surface area contributed by atoms with Gasteiger partial charge < -0.3 is 14.6 Å². The molecule has 0 aliphatic carbocycles. The number of aliphatic hydroxyl groups is 1. The highest BCUT2D eigenvalue weighted by atomic mass is 16.5. The number of hydrogen-bond donors (Lipinski definition) is 1. The molecule has 1 aromatic heterocycles. The second-order valence-corrected chi connectivity index (χ2v) is 8.71. The minimum Gasteiger partial charge on any atom is -0.439 e. The molecule has 0 radical (unpaired) electrons. The molecule has 1 N–H and O–H groups in total. The van der Waals surface area contributed by atoms with Gasteiger partial charge in [-0.1, -0.05) is 63.1 Å². The number of ether oxygens (including phenoxy) is 2. The second-order valence-electron chi connectivity index (χ2n) is 8.71. The highest BCUT2D eigenvalue weighted by molar-refractivity contribution is 5.43. The summed E-state index contributed by atoms with van der Waals surface area (Å²) in [4.78, 5) is 2.23. The van der Waals surface area contributed by atoms with Crippen LogP contribution in [0.3, 0.4) is 0 Å². The fourth-order valence-electron chi connectivity index (χ4n) is 3.92. The molecule has 0 aliphatic rings. The Labute approximate surface area is 203 Å². The van der Waals surface area contributed by atoms with Gasteiger partial charge in [0.25, 0.3) is 0 Å². The average Bonchev–Trinajstić information content (AvgIpc) is 3.17. The normalized spacial score (nSPS) is 12.1. The largest absolute Gasteiger partial charge is 0.439 e. The predicted octanol–water partition coefficient (Wildman–Crippen LogP) is 4.70. The van der Waals surface area contributed by atoms with Crippen LogP contribution in [0.4, 0.5) is 0 Å². The number of para-hydroxylation sites is 2. The Morgan fingerprint density at radius 2 is 1.74 bits per heavy atom. The van der Waals surface area contributed by atoms with Crippen LogP contribution in [-0.4, -0.2) is 52.2 Å². The summed E-state index contributed by atoms with van der Waals surface area (Å²) in [5, 5.41) is 15.5. The minimum absolute atomic E-state index is 0.195. The molecule has 1 heterocycles. The van der Waals surface area contributed by atoms with Crippen molar-refractivity contribution in [3.05, 3.63) is 71.9 Å². The van der Waals surface area contributed by atoms with Gasteiger partial charge in [-0.15, -0.1) is 6.42 Å². The van der Waals surface area contributed by atoms with E-state index in [2.05, 4.69) is 31.6 Å². The zero-order valence-electron chi connectivity index (χ0n) is 20.4. The van der Waals surface area contributed by atoms with Crippen LogP contribution in [0.2, 0.25) is 0 Å². The molecule has 3 aromatic rings. The second kappa shape index (κ2) is 13.0. The van der Waals surface area contributed by atoms with Gasteiger partial charge in [-0.2, -0.15) is 5.10 Å². The molecule has 0 aliphatic heterocycles. The van der Waals surface area contributed by atoms with Crippen LogP contribution in [0.1, 0.15) is 32.0 Å². The average molecular weight is 462 g/mol. The van der Waals surface area contributed by atoms with Crippen LogP contribution >= 0.6 is 0 Å². The first-order valence-corrected chi connectivity index (χ1v) is 11.8. The zero-order valence-corrected chi connectivity index (χ0v) is 20.4. The molecule has 0 saturated heterocycles. The predicted molar refractivity (Wildman–Crippen MR) is 135 cm³/mol. The first-order valence-electron chi connectivity index (χ1n) is 11.8. The first-order chi connectivity index (χ1) is 16.5. The molecular formula is C28H35N3O3. The highest BCUT2D eigenvalue weighted by Gasteiger charge is 2.24. The SMILES string of the molecule is C#CCOC[C@H](O)CN(Cc1c(CC)nn(-c2ccccc2)c1Oc1ccccc1)CC(C)C. The Morgan fingerprint density at radius 1 is 1.06 bits per heavy atom. The lowest BCUT2D eigenvalue weighted by Crippen LogP contribution is -2.37. The van der Waals surface area contributed by atoms with Crippen molar-refractivity contribution in [2.75, 3.05) is 26.3 Å². The van der Waals surface area contributed by atoms with E-state index in [9.17, 15) is 5.11 Å². The first kappa shape index (κ1) is 25.5. The van der Waals surface area contributed by atoms with E-state index in [-0.39, 0.29) is 13.2 Å². The van der Waals surface area contributed by atoms with Crippen LogP contribution < -0.4 is 4.74 Å². The van der Waals surface area contributed by atoms with E-state index in [0.717, 1.165) is 35.7 Å². The standard InChI is InChI=1S/C28H35N3O3/c1-5-17-33-21-24(32)19-30(18-22(3)4)20-26-27(6-2)29-31(23-13-9-7-10-14-23)28(26)34-25-15-11-8-12-16-25/h1,7-16,22,24,32H,6,17-21H2,2-4H3/t24-/m1/s1. The van der Waals surface area contributed by atoms with E-state index in [0.29, 0.717) is 24.9 Å². The molecule has 34 heavy (non-hydrogen) atoms. The molecule has 180 valence electrons. The number of aromatic nitrogens is 2. The molecule has 0 bridgehead atoms. The van der Waals surface area contributed by atoms with E-state index in [1.54, 1.807) is 0 Å². The molecule has 0 fully saturated rings. The van der Waals surface area contributed by atoms with Gasteiger partial charge in [0.2, 0.25) is 5.88 Å². The van der Waals surface area contributed by atoms with Crippen molar-refractivity contribution in [3.63, 3.8) is 0 Å². The van der Waals surface area contributed by atoms with Crippen molar-refractivity contribution in [2.24, 2.45) is 5.92 Å². The van der Waals surface area contributed by atoms with Crippen molar-refractivity contribution < 1.29 is 14.6 Å². The van der Waals surface area contributed by atoms with Crippen molar-refractivity contribution in [3.8, 4) is 29.7 Å². The van der Waals surface area contributed by atoms with E-state index in [4.69, 9.17) is 21.0 Å². The Morgan fingerprint density at radius 3 is 2.35 bits per heavy atom. The van der Waals surface area contributed by atoms with Gasteiger partial charge in [-0.25, -0.2) is 4.68 Å². The smallest absolute Gasteiger partial charge is 0.227 e. The maximum atomic E-state index is 10.6. The van der Waals surface area contributed by atoms with E-state index in [1.807, 2.05) is 65.3 Å². The van der Waals surface area contributed by atoms with Crippen molar-refractivity contribution >= 4 is 0 Å². The number of benzene rings is 2. The van der Waals surface area contributed by atoms with Gasteiger partial charge in [0.1, 0.15) is 12.4 Å². The summed E-state index contributed by atoms with van der Waals surface area (Å²) in [7, 11) is 0. The van der Waals surface area contributed by atoms with E-state index in [1.165, 1.54) is 0 Å². The molecule has 1 atom stereocenters. The third-order valence-corrected chi connectivity index (χ3v) is 5.28. The van der Waals surface area contributed by atoms with Gasteiger partial charge in [-0.3, -0.25) is 4.90 Å². The lowest BCUT2D eigenvalue weighted by Gasteiger charge is -2.27. The van der Waals surface area contributed by atoms with Crippen LogP contribution in [0, 0.1) is 18.3 Å². The Hall–Kier alpha value is -3.11. The topological polar surface area (TPSA) is 59.8 Å². The summed E-state index contributed by atoms with van der Waals surface area (Å²) in [6.45, 7) is 8.72. The van der Waals surface area contributed by atoms with Crippen molar-refractivity contribution in [2.45, 2.75) is 39.8 Å². The number of nitrogens with zero attached hydrogens (tertiary/aromatic N) is 3. The quantitative estimate of drug-likeness (QED) is 0.295. The summed E-state index contributed by atoms with van der Waals surface area (Å²) in [5.41, 5.74) is 2.93. The summed E-state index contributed by atoms with van der Waals surface area (Å²) in [6, 6.07) is 19.8. The lowest BCUT2D eigenvalue weighted by atomic mass is 10.1. The van der Waals surface area contributed by atoms with Crippen LogP contribution in [0.5, 0.6) is 11.6 Å². The third kappa shape index (κ3) is 7.19. The van der Waals surface area contributed by atoms with Crippen LogP contribution in [-0.2, 0) is 17.7 Å². The third-order valence-electron chi connectivity index (χ3n) is 5.28. The molecule has 0 unspecified atom stereocenters. The lowest BCUT2D eigenvalue weighted by molar-refractivity contribution is 0.0236. The number of aliphatic hydroxyl groups excluding tert-OH is 1. The van der Waals surface area contributed by atoms with Gasteiger partial charge in [0.05, 0.1) is 29.7 Å². The van der Waals surface area contributed by atoms with Crippen molar-refractivity contribution in [1.82, 2.24) is 14.7 Å². The van der Waals surface area contributed by atoms with Gasteiger partial charge in [0.15, 0.2) is 0 Å². The fraction of sp³-hybridized carbons (Fsp3) is 0.393. The van der Waals surface area contributed by atoms with Gasteiger partial charge in [0, 0.05) is 19.6 Å². The number of rotatable bonds is 13. The van der Waals surface area contributed by atoms with Crippen LogP contribution in [0.25, 0.3) is 5.69 Å². The zero-order chi connectivity index (χ0) is 24.3. The van der Waals surface area contributed by atoms with Crippen molar-refractivity contribution in [1.29, 1.82) is 0 Å². The summed E-state index contributed by atoms with van der Waals surface area (Å²) >= 11 is 0. The molecule has 0 spiro atoms. The molecular weight excluding hydrogens is 426 g/mol. The molecule has 3 rings (SSSR count). The Bertz CT molecular complexity index is 1040. The number of terminal acetylenes is 1. The van der Waals surface area contributed by atoms with E-state index < -0.39 is 6.10 Å². The molecule has 6 nitrogen and oxygen atoms in total. The maximum Gasteiger partial charge on any atom is 0.227 e. The number of hydrogen-bond acceptors (Lipinski definition) is 5. The van der Waals surface area contributed by atoms with E-state index >= 15 is 0 Å². The molecule has 0 amide bonds. The fourth-order valence-corrected chi connectivity index (χ4v) is 3.92. The summed E-state index contributed by atoms with van der Waals surface area (Å²) < 4.78 is 13.7. The highest BCUT2D eigenvalue weighted by Crippen LogP contribution is 2.32. The Balaban J connectivity index is 1.96. The Kier molecular flexibility index (Phi) is 9.72. The molecule has 2 aromatic carbocycles. The summed E-state index contributed by atoms with van der Waals surface area (Å²) in [5.74, 6) is 4.31. The number of aryl methyl sites for hydroxylation is 1. The van der Waals surface area contributed by atoms with Gasteiger partial charge >= 0.3 is 0 Å². The van der Waals surface area contributed by atoms with Gasteiger partial charge in [-0.05, 0) is 36.6 Å². The molecule has 0 saturated carbocycles. The maximum absolute atomic E-state index is 10.6.